The van der Waals surface area contributed by atoms with Crippen LogP contribution in [-0.4, -0.2) is 46.3 Å². The lowest BCUT2D eigenvalue weighted by Crippen LogP contribution is -2.34. The largest absolute Gasteiger partial charge is 0.478 e. The fourth-order valence-corrected chi connectivity index (χ4v) is 3.56. The number of carbonyl (C=O) groups is 2. The summed E-state index contributed by atoms with van der Waals surface area (Å²) in [5.41, 5.74) is 0.850. The van der Waals surface area contributed by atoms with Gasteiger partial charge in [-0.1, -0.05) is 0 Å². The van der Waals surface area contributed by atoms with Crippen LogP contribution in [0.5, 0.6) is 0 Å². The van der Waals surface area contributed by atoms with Crippen molar-refractivity contribution in [3.05, 3.63) is 16.0 Å². The van der Waals surface area contributed by atoms with Crippen molar-refractivity contribution in [2.75, 3.05) is 18.4 Å². The van der Waals surface area contributed by atoms with Crippen molar-refractivity contribution < 1.29 is 19.8 Å². The molecule has 0 bridgehead atoms. The summed E-state index contributed by atoms with van der Waals surface area (Å²) in [6.45, 7) is 6.37. The van der Waals surface area contributed by atoms with E-state index < -0.39 is 12.1 Å². The molecule has 0 aromatic carbocycles. The fraction of sp³-hybridized carbons (Fsp3) is 0.571. The lowest BCUT2D eigenvalue weighted by atomic mass is 10.0. The molecule has 0 spiro atoms. The number of aliphatic hydroxyl groups excluding tert-OH is 1. The van der Waals surface area contributed by atoms with E-state index in [9.17, 15) is 19.8 Å². The van der Waals surface area contributed by atoms with Crippen LogP contribution >= 0.6 is 11.3 Å². The topological polar surface area (TPSA) is 89.9 Å². The summed E-state index contributed by atoms with van der Waals surface area (Å²) < 4.78 is 0. The first kappa shape index (κ1) is 15.8. The van der Waals surface area contributed by atoms with E-state index in [1.54, 1.807) is 18.7 Å². The molecule has 7 heteroatoms. The quantitative estimate of drug-likeness (QED) is 0.799. The minimum atomic E-state index is -1.03. The van der Waals surface area contributed by atoms with Crippen molar-refractivity contribution in [1.29, 1.82) is 0 Å². The number of thiophene rings is 1. The molecule has 1 aromatic rings. The van der Waals surface area contributed by atoms with Crippen LogP contribution in [0.4, 0.5) is 9.80 Å². The van der Waals surface area contributed by atoms with Crippen LogP contribution in [0.3, 0.4) is 0 Å². The predicted molar refractivity (Wildman–Crippen MR) is 81.1 cm³/mol. The first-order valence-corrected chi connectivity index (χ1v) is 7.70. The molecule has 0 aliphatic carbocycles. The van der Waals surface area contributed by atoms with Crippen LogP contribution in [0.2, 0.25) is 0 Å². The van der Waals surface area contributed by atoms with Crippen molar-refractivity contribution in [3.63, 3.8) is 0 Å². The number of carboxylic acids is 1. The van der Waals surface area contributed by atoms with Crippen LogP contribution < -0.4 is 5.32 Å². The lowest BCUT2D eigenvalue weighted by molar-refractivity contribution is 0.0697. The van der Waals surface area contributed by atoms with Gasteiger partial charge in [0.2, 0.25) is 0 Å². The lowest BCUT2D eigenvalue weighted by Gasteiger charge is -2.18. The molecule has 21 heavy (non-hydrogen) atoms. The number of urea groups is 1. The minimum Gasteiger partial charge on any atom is -0.478 e. The summed E-state index contributed by atoms with van der Waals surface area (Å²) in [6.07, 6.45) is 0.322. The maximum Gasteiger partial charge on any atom is 0.338 e. The Hall–Kier alpha value is -1.60. The summed E-state index contributed by atoms with van der Waals surface area (Å²) in [5.74, 6) is -0.947. The second-order valence-electron chi connectivity index (χ2n) is 5.46. The Morgan fingerprint density at radius 2 is 2.10 bits per heavy atom. The van der Waals surface area contributed by atoms with E-state index in [4.69, 9.17) is 0 Å². The molecule has 1 saturated heterocycles. The molecule has 0 radical (unpaired) electrons. The SMILES string of the molecule is Cc1sc(NC(=O)N2CCC(C(C)O)C2)c(C(=O)O)c1C. The van der Waals surface area contributed by atoms with Crippen LogP contribution in [0, 0.1) is 19.8 Å². The minimum absolute atomic E-state index is 0.0847. The van der Waals surface area contributed by atoms with Gasteiger partial charge in [-0.2, -0.15) is 0 Å². The molecule has 2 amide bonds. The number of aliphatic hydroxyl groups is 1. The number of rotatable bonds is 3. The molecule has 116 valence electrons. The highest BCUT2D eigenvalue weighted by Gasteiger charge is 2.30. The van der Waals surface area contributed by atoms with E-state index in [-0.39, 0.29) is 17.5 Å². The number of likely N-dealkylation sites (tertiary alicyclic amines) is 1. The highest BCUT2D eigenvalue weighted by atomic mass is 32.1. The highest BCUT2D eigenvalue weighted by molar-refractivity contribution is 7.16. The summed E-state index contributed by atoms with van der Waals surface area (Å²) in [6, 6.07) is -0.304. The maximum atomic E-state index is 12.2. The average Bonchev–Trinajstić information content (AvgIpc) is 2.96. The van der Waals surface area contributed by atoms with Gasteiger partial charge in [-0.05, 0) is 32.8 Å². The maximum absolute atomic E-state index is 12.2. The Kier molecular flexibility index (Phi) is 4.53. The molecule has 1 fully saturated rings. The molecule has 0 saturated carbocycles. The molecule has 2 unspecified atom stereocenters. The van der Waals surface area contributed by atoms with Gasteiger partial charge in [-0.3, -0.25) is 5.32 Å². The van der Waals surface area contributed by atoms with Crippen molar-refractivity contribution in [2.45, 2.75) is 33.3 Å². The van der Waals surface area contributed by atoms with Crippen LogP contribution in [0.25, 0.3) is 0 Å². The molecule has 2 rings (SSSR count). The summed E-state index contributed by atoms with van der Waals surface area (Å²) in [7, 11) is 0. The zero-order valence-corrected chi connectivity index (χ0v) is 13.2. The van der Waals surface area contributed by atoms with E-state index in [2.05, 4.69) is 5.32 Å². The molecular formula is C14H20N2O4S. The number of hydrogen-bond acceptors (Lipinski definition) is 4. The number of carboxylic acid groups (broad SMARTS) is 1. The Morgan fingerprint density at radius 1 is 1.43 bits per heavy atom. The van der Waals surface area contributed by atoms with Gasteiger partial charge in [0, 0.05) is 23.9 Å². The number of aryl methyl sites for hydroxylation is 1. The third-order valence-electron chi connectivity index (χ3n) is 4.01. The van der Waals surface area contributed by atoms with Crippen molar-refractivity contribution in [1.82, 2.24) is 4.90 Å². The van der Waals surface area contributed by atoms with Gasteiger partial charge < -0.3 is 15.1 Å². The smallest absolute Gasteiger partial charge is 0.338 e. The molecule has 2 atom stereocenters. The third kappa shape index (κ3) is 3.19. The number of nitrogens with one attached hydrogen (secondary N) is 1. The highest BCUT2D eigenvalue weighted by Crippen LogP contribution is 2.33. The van der Waals surface area contributed by atoms with E-state index in [1.165, 1.54) is 11.3 Å². The van der Waals surface area contributed by atoms with Gasteiger partial charge >= 0.3 is 12.0 Å². The Balaban J connectivity index is 2.11. The number of carbonyl (C=O) groups excluding carboxylic acids is 1. The first-order chi connectivity index (χ1) is 9.81. The summed E-state index contributed by atoms with van der Waals surface area (Å²) in [4.78, 5) is 26.0. The number of anilines is 1. The van der Waals surface area contributed by atoms with Gasteiger partial charge in [0.15, 0.2) is 0 Å². The van der Waals surface area contributed by atoms with Gasteiger partial charge in [-0.15, -0.1) is 11.3 Å². The van der Waals surface area contributed by atoms with E-state index in [0.717, 1.165) is 11.3 Å². The first-order valence-electron chi connectivity index (χ1n) is 6.88. The second kappa shape index (κ2) is 6.03. The fourth-order valence-electron chi connectivity index (χ4n) is 2.51. The molecule has 3 N–H and O–H groups in total. The van der Waals surface area contributed by atoms with Gasteiger partial charge in [0.05, 0.1) is 11.7 Å². The Morgan fingerprint density at radius 3 is 2.62 bits per heavy atom. The molecule has 1 aliphatic heterocycles. The van der Waals surface area contributed by atoms with E-state index >= 15 is 0 Å². The van der Waals surface area contributed by atoms with Crippen molar-refractivity contribution in [3.8, 4) is 0 Å². The van der Waals surface area contributed by atoms with Crippen LogP contribution in [0.15, 0.2) is 0 Å². The van der Waals surface area contributed by atoms with Gasteiger partial charge in [-0.25, -0.2) is 9.59 Å². The monoisotopic (exact) mass is 312 g/mol. The predicted octanol–water partition coefficient (Wildman–Crippen LogP) is 2.30. The summed E-state index contributed by atoms with van der Waals surface area (Å²) in [5, 5.41) is 21.9. The molecule has 6 nitrogen and oxygen atoms in total. The van der Waals surface area contributed by atoms with Crippen molar-refractivity contribution in [2.24, 2.45) is 5.92 Å². The van der Waals surface area contributed by atoms with Crippen LogP contribution in [-0.2, 0) is 0 Å². The van der Waals surface area contributed by atoms with Gasteiger partial charge in [0.25, 0.3) is 0 Å². The Labute approximate surface area is 127 Å². The number of nitrogens with zero attached hydrogens (tertiary/aromatic N) is 1. The summed E-state index contributed by atoms with van der Waals surface area (Å²) >= 11 is 1.27. The number of aromatic carboxylic acids is 1. The molecule has 2 heterocycles. The Bertz CT molecular complexity index is 568. The average molecular weight is 312 g/mol. The zero-order valence-electron chi connectivity index (χ0n) is 12.3. The standard InChI is InChI=1S/C14H20N2O4S/c1-7-9(3)21-12(11(7)13(18)19)15-14(20)16-5-4-10(6-16)8(2)17/h8,10,17H,4-6H2,1-3H3,(H,15,20)(H,18,19). The normalized spacial score (nSPS) is 19.6. The number of amides is 2. The third-order valence-corrected chi connectivity index (χ3v) is 5.14. The number of hydrogen-bond donors (Lipinski definition) is 3. The second-order valence-corrected chi connectivity index (χ2v) is 6.68. The molecule has 1 aromatic heterocycles. The van der Waals surface area contributed by atoms with E-state index in [0.29, 0.717) is 23.7 Å². The van der Waals surface area contributed by atoms with E-state index in [1.807, 2.05) is 6.92 Å². The molecule has 1 aliphatic rings. The van der Waals surface area contributed by atoms with Gasteiger partial charge in [0.1, 0.15) is 5.00 Å². The zero-order chi connectivity index (χ0) is 15.7. The van der Waals surface area contributed by atoms with Crippen molar-refractivity contribution >= 4 is 28.3 Å². The molecular weight excluding hydrogens is 292 g/mol. The van der Waals surface area contributed by atoms with Crippen LogP contribution in [0.1, 0.15) is 34.1 Å².